The summed E-state index contributed by atoms with van der Waals surface area (Å²) in [4.78, 5) is 111. The minimum absolute atomic E-state index is 0.0370. The first-order valence-electron chi connectivity index (χ1n) is 22.9. The van der Waals surface area contributed by atoms with Gasteiger partial charge in [-0.05, 0) is 60.7 Å². The maximum absolute atomic E-state index is 15.6. The Kier molecular flexibility index (Phi) is 14.8. The third kappa shape index (κ3) is 9.59. The number of Topliss-reactive ketones (excluding diaryl/α,β-unsaturated/α-hetero) is 1. The van der Waals surface area contributed by atoms with Crippen LogP contribution in [0.4, 0.5) is 0 Å². The van der Waals surface area contributed by atoms with E-state index in [9.17, 15) is 33.9 Å². The van der Waals surface area contributed by atoms with Gasteiger partial charge >= 0.3 is 35.8 Å². The summed E-state index contributed by atoms with van der Waals surface area (Å²) in [5.74, 6) is -8.39. The third-order valence-electron chi connectivity index (χ3n) is 14.3. The lowest BCUT2D eigenvalue weighted by Gasteiger charge is -2.66. The molecule has 1 saturated heterocycles. The molecule has 3 fully saturated rings. The molecule has 1 amide bonds. The maximum Gasteiger partial charge on any atom is 0.350 e. The third-order valence-corrected chi connectivity index (χ3v) is 14.3. The van der Waals surface area contributed by atoms with Crippen LogP contribution < -0.4 is 5.32 Å². The lowest BCUT2D eigenvalue weighted by Crippen LogP contribution is -2.79. The molecule has 4 aliphatic rings. The van der Waals surface area contributed by atoms with Gasteiger partial charge in [0.05, 0.1) is 25.2 Å². The van der Waals surface area contributed by atoms with Crippen molar-refractivity contribution >= 4 is 47.5 Å². The number of fused-ring (bicyclic) bond motifs is 5. The number of carbonyl (C=O) groups is 8. The highest BCUT2D eigenvalue weighted by Gasteiger charge is 2.76. The predicted octanol–water partition coefficient (Wildman–Crippen LogP) is 4.51. The summed E-state index contributed by atoms with van der Waals surface area (Å²) in [5, 5.41) is 16.7. The summed E-state index contributed by atoms with van der Waals surface area (Å²) in [6.07, 6.45) is -8.12. The van der Waals surface area contributed by atoms with Crippen LogP contribution in [0.2, 0.25) is 0 Å². The highest BCUT2D eigenvalue weighted by atomic mass is 16.6. The molecular weight excluding hydrogens is 911 g/mol. The van der Waals surface area contributed by atoms with Gasteiger partial charge in [-0.1, -0.05) is 87.5 Å². The highest BCUT2D eigenvalue weighted by Crippen LogP contribution is 2.64. The van der Waals surface area contributed by atoms with E-state index in [1.807, 2.05) is 0 Å². The Labute approximate surface area is 404 Å². The molecule has 7 rings (SSSR count). The van der Waals surface area contributed by atoms with Crippen LogP contribution in [0.5, 0.6) is 0 Å². The monoisotopic (exact) mass is 967 g/mol. The van der Waals surface area contributed by atoms with Crippen LogP contribution >= 0.6 is 0 Å². The fourth-order valence-electron chi connectivity index (χ4n) is 10.8. The molecule has 3 aromatic rings. The minimum atomic E-state index is -2.37. The summed E-state index contributed by atoms with van der Waals surface area (Å²) in [7, 11) is 1.12. The predicted molar refractivity (Wildman–Crippen MR) is 243 cm³/mol. The second-order valence-corrected chi connectivity index (χ2v) is 18.8. The molecule has 18 heteroatoms. The lowest BCUT2D eigenvalue weighted by atomic mass is 9.45. The van der Waals surface area contributed by atoms with Crippen LogP contribution in [0.3, 0.4) is 0 Å². The summed E-state index contributed by atoms with van der Waals surface area (Å²) in [6.45, 7) is 6.88. The van der Waals surface area contributed by atoms with Crippen LogP contribution in [0, 0.1) is 16.7 Å². The average molecular weight is 968 g/mol. The summed E-state index contributed by atoms with van der Waals surface area (Å²) in [6, 6.07) is 22.6. The standard InChI is InChI=1S/C52H57NO17/c1-29-35(67-48(61)42(68-38(57)27-64-26-37(56)63-7)40(32-17-11-8-12-18-32)53-46(59)33-19-13-9-14-20-33)25-52(62)45(69-47(60)34-21-15-10-16-22-34)43-50(6,24-23-36-51(43,28-65-36)70-31(3)55)44(58)41(66-30(2)54)39(29)49(52,4)5/h8-22,35-36,40-43,45,62H,23-28H2,1-7H3,(H,53,59)/t35-,36+,40-,41+,42+,43-,45-,50+,51-,52+/m0/s1. The van der Waals surface area contributed by atoms with E-state index in [1.165, 1.54) is 38.1 Å². The van der Waals surface area contributed by atoms with Gasteiger partial charge in [0, 0.05) is 36.7 Å². The zero-order chi connectivity index (χ0) is 50.8. The van der Waals surface area contributed by atoms with E-state index in [-0.39, 0.29) is 41.7 Å². The van der Waals surface area contributed by atoms with Crippen molar-refractivity contribution in [2.45, 2.75) is 109 Å². The van der Waals surface area contributed by atoms with Gasteiger partial charge in [-0.25, -0.2) is 19.2 Å². The molecule has 2 saturated carbocycles. The van der Waals surface area contributed by atoms with Gasteiger partial charge in [0.25, 0.3) is 5.91 Å². The number of esters is 6. The quantitative estimate of drug-likeness (QED) is 0.121. The summed E-state index contributed by atoms with van der Waals surface area (Å²) in [5.41, 5.74) is -6.56. The van der Waals surface area contributed by atoms with Gasteiger partial charge < -0.3 is 48.3 Å². The minimum Gasteiger partial charge on any atom is -0.467 e. The number of ether oxygens (including phenoxy) is 8. The molecule has 2 N–H and O–H groups in total. The zero-order valence-corrected chi connectivity index (χ0v) is 39.9. The van der Waals surface area contributed by atoms with E-state index in [0.717, 1.165) is 14.0 Å². The highest BCUT2D eigenvalue weighted by molar-refractivity contribution is 5.96. The normalized spacial score (nSPS) is 28.3. The second kappa shape index (κ2) is 20.3. The van der Waals surface area contributed by atoms with Crippen LogP contribution in [-0.2, 0) is 66.7 Å². The van der Waals surface area contributed by atoms with Crippen molar-refractivity contribution in [3.8, 4) is 0 Å². The van der Waals surface area contributed by atoms with E-state index in [4.69, 9.17) is 33.2 Å². The van der Waals surface area contributed by atoms with E-state index in [2.05, 4.69) is 10.1 Å². The van der Waals surface area contributed by atoms with Gasteiger partial charge in [0.1, 0.15) is 43.2 Å². The fraction of sp³-hybridized carbons (Fsp3) is 0.462. The average Bonchev–Trinajstić information content (AvgIpc) is 3.32. The number of aliphatic hydroxyl groups is 1. The van der Waals surface area contributed by atoms with Crippen molar-refractivity contribution in [2.75, 3.05) is 26.9 Å². The number of rotatable bonds is 15. The smallest absolute Gasteiger partial charge is 0.350 e. The van der Waals surface area contributed by atoms with Crippen molar-refractivity contribution < 1.29 is 81.4 Å². The molecule has 18 nitrogen and oxygen atoms in total. The summed E-state index contributed by atoms with van der Waals surface area (Å²) < 4.78 is 46.5. The van der Waals surface area contributed by atoms with Crippen LogP contribution in [-0.4, -0.2) is 121 Å². The molecule has 2 bridgehead atoms. The van der Waals surface area contributed by atoms with Gasteiger partial charge in [0.15, 0.2) is 17.5 Å². The number of ketones is 1. The molecule has 3 aliphatic carbocycles. The lowest BCUT2D eigenvalue weighted by molar-refractivity contribution is -0.332. The fourth-order valence-corrected chi connectivity index (χ4v) is 10.8. The summed E-state index contributed by atoms with van der Waals surface area (Å²) >= 11 is 0. The van der Waals surface area contributed by atoms with E-state index >= 15 is 9.59 Å². The first-order valence-corrected chi connectivity index (χ1v) is 22.9. The zero-order valence-electron chi connectivity index (χ0n) is 39.9. The van der Waals surface area contributed by atoms with E-state index < -0.39 is 132 Å². The first kappa shape index (κ1) is 51.1. The topological polar surface area (TPSA) is 243 Å². The number of methoxy groups -OCH3 is 1. The number of hydrogen-bond acceptors (Lipinski definition) is 17. The van der Waals surface area contributed by atoms with Crippen LogP contribution in [0.1, 0.15) is 93.1 Å². The molecule has 1 heterocycles. The molecule has 0 unspecified atom stereocenters. The van der Waals surface area contributed by atoms with Gasteiger partial charge in [-0.2, -0.15) is 0 Å². The molecule has 70 heavy (non-hydrogen) atoms. The molecule has 0 aromatic heterocycles. The van der Waals surface area contributed by atoms with Crippen LogP contribution in [0.25, 0.3) is 0 Å². The van der Waals surface area contributed by atoms with Crippen molar-refractivity contribution in [1.29, 1.82) is 0 Å². The molecule has 372 valence electrons. The Morgan fingerprint density at radius 2 is 1.40 bits per heavy atom. The number of nitrogens with one attached hydrogen (secondary N) is 1. The molecule has 1 aliphatic heterocycles. The van der Waals surface area contributed by atoms with Gasteiger partial charge in [-0.3, -0.25) is 19.2 Å². The Morgan fingerprint density at radius 1 is 0.800 bits per heavy atom. The molecule has 3 aromatic carbocycles. The van der Waals surface area contributed by atoms with Gasteiger partial charge in [0.2, 0.25) is 6.10 Å². The molecule has 10 atom stereocenters. The van der Waals surface area contributed by atoms with Crippen molar-refractivity contribution in [3.05, 3.63) is 119 Å². The van der Waals surface area contributed by atoms with Crippen molar-refractivity contribution in [1.82, 2.24) is 5.32 Å². The molecular formula is C52H57NO17. The second-order valence-electron chi connectivity index (χ2n) is 18.8. The Hall–Kier alpha value is -6.76. The van der Waals surface area contributed by atoms with Crippen LogP contribution in [0.15, 0.2) is 102 Å². The number of benzene rings is 3. The number of carbonyl (C=O) groups excluding carboxylic acids is 8. The maximum atomic E-state index is 15.6. The van der Waals surface area contributed by atoms with Crippen molar-refractivity contribution in [3.63, 3.8) is 0 Å². The Morgan fingerprint density at radius 3 is 1.97 bits per heavy atom. The molecule has 0 radical (unpaired) electrons. The van der Waals surface area contributed by atoms with Crippen molar-refractivity contribution in [2.24, 2.45) is 16.7 Å². The Balaban J connectivity index is 1.39. The van der Waals surface area contributed by atoms with E-state index in [1.54, 1.807) is 87.5 Å². The SMILES string of the molecule is COC(=O)COCC(=O)O[C@@H](C(=O)O[C@H]1C[C@@]2(O)[C@@H](OC(=O)c3ccccc3)[C@@H]3[C@]4(OC(C)=O)CO[C@@H]4CC[C@@]3(C)C(=O)[C@H](OC(C)=O)C(=C1C)C2(C)C)[C@@H](NC(=O)c1ccccc1)c1ccccc1. The Bertz CT molecular complexity index is 2550. The molecule has 0 spiro atoms. The first-order chi connectivity index (χ1) is 33.2. The number of hydrogen-bond donors (Lipinski definition) is 2. The van der Waals surface area contributed by atoms with Gasteiger partial charge in [-0.15, -0.1) is 0 Å². The van der Waals surface area contributed by atoms with E-state index in [0.29, 0.717) is 5.56 Å². The number of amides is 1. The largest absolute Gasteiger partial charge is 0.467 e.